The van der Waals surface area contributed by atoms with Gasteiger partial charge >= 0.3 is 0 Å². The molecule has 10 unspecified atom stereocenters. The smallest absolute Gasteiger partial charge is 0.160 e. The minimum atomic E-state index is -1.27. The zero-order chi connectivity index (χ0) is 42.4. The minimum Gasteiger partial charge on any atom is -0.390 e. The number of aliphatic hydroxyl groups excluding tert-OH is 1. The highest BCUT2D eigenvalue weighted by atomic mass is 16.6. The van der Waals surface area contributed by atoms with Crippen molar-refractivity contribution in [1.29, 1.82) is 0 Å². The Morgan fingerprint density at radius 3 is 2.50 bits per heavy atom. The van der Waals surface area contributed by atoms with Crippen LogP contribution in [0.1, 0.15) is 134 Å². The SMILES string of the molecule is Cc1cc(Cc2cn(CC3C4=C(C(C)CC(O)C5OC5(C)C)C(=O)CC45CC=CC3(O)C3C4(C)CCC(=O)C(C)(C)C4CCC35C)c3cc[nH]c23)cc(C2CCOCC2)c1. The average molecular weight is 817 g/mol. The number of hydrogen-bond donors (Lipinski definition) is 3. The van der Waals surface area contributed by atoms with Gasteiger partial charge < -0.3 is 29.2 Å². The highest BCUT2D eigenvalue weighted by Gasteiger charge is 2.77. The predicted molar refractivity (Wildman–Crippen MR) is 234 cm³/mol. The number of nitrogens with zero attached hydrogens (tertiary/aromatic N) is 1. The van der Waals surface area contributed by atoms with Crippen molar-refractivity contribution in [2.75, 3.05) is 13.2 Å². The second kappa shape index (κ2) is 13.6. The molecule has 2 saturated heterocycles. The van der Waals surface area contributed by atoms with Gasteiger partial charge in [-0.2, -0.15) is 0 Å². The summed E-state index contributed by atoms with van der Waals surface area (Å²) in [6.45, 7) is 19.6. The molecule has 11 rings (SSSR count). The standard InChI is InChI=1S/C52H68N2O6/c1-30-22-32(25-34(23-30)33-13-20-59-21-14-33)26-35-28-54(37-12-19-53-44(35)37)29-36-43-42(31(2)24-38(55)45-48(5,6)60-45)39(56)27-51(43)15-9-16-52(36,58)46-49(7)17-11-41(57)47(3,4)40(49)10-18-50(46,51)8/h9,12,16,19,22-23,25,28,31,33,36,38,40,45-46,53,55,58H,10-11,13-15,17-18,20-21,24,26-27,29H2,1-8H3. The summed E-state index contributed by atoms with van der Waals surface area (Å²) in [5.74, 6) is 0.426. The van der Waals surface area contributed by atoms with E-state index in [2.05, 4.69) is 93.7 Å². The molecule has 1 aromatic carbocycles. The van der Waals surface area contributed by atoms with E-state index in [0.29, 0.717) is 43.9 Å². The lowest BCUT2D eigenvalue weighted by Gasteiger charge is -2.72. The largest absolute Gasteiger partial charge is 0.390 e. The van der Waals surface area contributed by atoms with E-state index in [4.69, 9.17) is 9.47 Å². The van der Waals surface area contributed by atoms with E-state index in [9.17, 15) is 15.0 Å². The van der Waals surface area contributed by atoms with Gasteiger partial charge in [0.25, 0.3) is 0 Å². The van der Waals surface area contributed by atoms with Gasteiger partial charge in [0, 0.05) is 74.1 Å². The lowest BCUT2D eigenvalue weighted by molar-refractivity contribution is -0.243. The van der Waals surface area contributed by atoms with E-state index in [1.54, 1.807) is 0 Å². The maximum Gasteiger partial charge on any atom is 0.160 e. The molecule has 5 fully saturated rings. The van der Waals surface area contributed by atoms with Crippen LogP contribution in [-0.2, 0) is 32.0 Å². The fraction of sp³-hybridized carbons (Fsp3) is 0.654. The molecule has 322 valence electrons. The molecule has 0 amide bonds. The number of H-pyrrole nitrogens is 1. The monoisotopic (exact) mass is 817 g/mol. The van der Waals surface area contributed by atoms with Crippen molar-refractivity contribution in [2.24, 2.45) is 45.3 Å². The van der Waals surface area contributed by atoms with Gasteiger partial charge in [-0.3, -0.25) is 9.59 Å². The summed E-state index contributed by atoms with van der Waals surface area (Å²) in [7, 11) is 0. The number of rotatable bonds is 9. The first-order valence-electron chi connectivity index (χ1n) is 23.2. The van der Waals surface area contributed by atoms with Gasteiger partial charge in [-0.25, -0.2) is 0 Å². The number of Topliss-reactive ketones (excluding diaryl/α,β-unsaturated/α-hetero) is 2. The number of ketones is 2. The maximum atomic E-state index is 15.0. The Balaban J connectivity index is 1.10. The first-order chi connectivity index (χ1) is 28.3. The highest BCUT2D eigenvalue weighted by Crippen LogP contribution is 2.79. The number of allylic oxidation sites excluding steroid dienone is 2. The molecule has 3 N–H and O–H groups in total. The first kappa shape index (κ1) is 40.8. The molecule has 10 atom stereocenters. The third-order valence-electron chi connectivity index (χ3n) is 18.2. The Morgan fingerprint density at radius 2 is 1.77 bits per heavy atom. The number of benzene rings is 1. The zero-order valence-corrected chi connectivity index (χ0v) is 37.3. The molecule has 2 aliphatic heterocycles. The molecule has 0 radical (unpaired) electrons. The second-order valence-corrected chi connectivity index (χ2v) is 22.4. The Morgan fingerprint density at radius 1 is 1.02 bits per heavy atom. The maximum absolute atomic E-state index is 15.0. The number of epoxide rings is 1. The fourth-order valence-corrected chi connectivity index (χ4v) is 15.6. The van der Waals surface area contributed by atoms with E-state index >= 15 is 4.79 Å². The zero-order valence-electron chi connectivity index (χ0n) is 37.3. The lowest BCUT2D eigenvalue weighted by Crippen LogP contribution is -2.71. The molecule has 4 heterocycles. The Bertz CT molecular complexity index is 2320. The average Bonchev–Trinajstić information content (AvgIpc) is 3.44. The fourth-order valence-electron chi connectivity index (χ4n) is 15.6. The van der Waals surface area contributed by atoms with E-state index in [-0.39, 0.29) is 52.0 Å². The molecular weight excluding hydrogens is 749 g/mol. The molecule has 2 bridgehead atoms. The van der Waals surface area contributed by atoms with Crippen LogP contribution < -0.4 is 0 Å². The van der Waals surface area contributed by atoms with Gasteiger partial charge in [-0.05, 0) is 128 Å². The summed E-state index contributed by atoms with van der Waals surface area (Å²) in [6, 6.07) is 9.23. The van der Waals surface area contributed by atoms with Crippen molar-refractivity contribution in [3.63, 3.8) is 0 Å². The van der Waals surface area contributed by atoms with E-state index in [1.165, 1.54) is 22.3 Å². The molecule has 6 aliphatic carbocycles. The molecule has 8 heteroatoms. The van der Waals surface area contributed by atoms with E-state index < -0.39 is 22.5 Å². The van der Waals surface area contributed by atoms with Crippen LogP contribution in [0.2, 0.25) is 0 Å². The van der Waals surface area contributed by atoms with Crippen molar-refractivity contribution in [2.45, 2.75) is 155 Å². The molecular formula is C52H68N2O6. The number of aliphatic hydroxyl groups is 2. The van der Waals surface area contributed by atoms with Crippen LogP contribution in [0.15, 0.2) is 60.0 Å². The third-order valence-corrected chi connectivity index (χ3v) is 18.2. The van der Waals surface area contributed by atoms with Gasteiger partial charge in [0.2, 0.25) is 0 Å². The summed E-state index contributed by atoms with van der Waals surface area (Å²) in [4.78, 5) is 32.3. The van der Waals surface area contributed by atoms with Crippen LogP contribution in [0.5, 0.6) is 0 Å². The number of aryl methyl sites for hydroxylation is 1. The van der Waals surface area contributed by atoms with Gasteiger partial charge in [0.05, 0.1) is 28.3 Å². The summed E-state index contributed by atoms with van der Waals surface area (Å²) in [6.07, 6.45) is 15.3. The molecule has 2 aromatic heterocycles. The molecule has 3 aromatic rings. The predicted octanol–water partition coefficient (Wildman–Crippen LogP) is 9.33. The van der Waals surface area contributed by atoms with Crippen molar-refractivity contribution in [3.8, 4) is 0 Å². The number of ether oxygens (including phenoxy) is 2. The van der Waals surface area contributed by atoms with E-state index in [0.717, 1.165) is 73.9 Å². The molecule has 60 heavy (non-hydrogen) atoms. The minimum absolute atomic E-state index is 0.132. The Labute approximate surface area is 356 Å². The molecule has 8 nitrogen and oxygen atoms in total. The number of aromatic amines is 1. The van der Waals surface area contributed by atoms with Crippen LogP contribution in [-0.4, -0.2) is 68.0 Å². The lowest BCUT2D eigenvalue weighted by atomic mass is 9.32. The van der Waals surface area contributed by atoms with Crippen LogP contribution in [0.25, 0.3) is 11.0 Å². The number of nitrogens with one attached hydrogen (secondary N) is 1. The summed E-state index contributed by atoms with van der Waals surface area (Å²) < 4.78 is 14.0. The van der Waals surface area contributed by atoms with Crippen LogP contribution in [0.4, 0.5) is 0 Å². The van der Waals surface area contributed by atoms with Crippen LogP contribution in [0, 0.1) is 52.3 Å². The Kier molecular flexibility index (Phi) is 9.24. The molecule has 3 saturated carbocycles. The van der Waals surface area contributed by atoms with E-state index in [1.807, 2.05) is 20.0 Å². The molecule has 8 aliphatic rings. The quantitative estimate of drug-likeness (QED) is 0.147. The third kappa shape index (κ3) is 5.75. The van der Waals surface area contributed by atoms with Crippen LogP contribution in [0.3, 0.4) is 0 Å². The van der Waals surface area contributed by atoms with Crippen LogP contribution >= 0.6 is 0 Å². The highest BCUT2D eigenvalue weighted by molar-refractivity contribution is 6.01. The van der Waals surface area contributed by atoms with Gasteiger partial charge in [0.1, 0.15) is 11.9 Å². The second-order valence-electron chi connectivity index (χ2n) is 22.4. The summed E-state index contributed by atoms with van der Waals surface area (Å²) >= 11 is 0. The van der Waals surface area contributed by atoms with Crippen molar-refractivity contribution < 1.29 is 29.3 Å². The number of carbonyl (C=O) groups is 2. The molecule has 1 spiro atoms. The van der Waals surface area contributed by atoms with Crippen molar-refractivity contribution >= 4 is 22.6 Å². The summed E-state index contributed by atoms with van der Waals surface area (Å²) in [5.41, 5.74) is 6.09. The number of aromatic nitrogens is 2. The van der Waals surface area contributed by atoms with Crippen molar-refractivity contribution in [1.82, 2.24) is 9.55 Å². The summed E-state index contributed by atoms with van der Waals surface area (Å²) in [5, 5.41) is 25.6. The van der Waals surface area contributed by atoms with Gasteiger partial charge in [-0.15, -0.1) is 0 Å². The number of hydrogen-bond acceptors (Lipinski definition) is 6. The first-order valence-corrected chi connectivity index (χ1v) is 23.2. The number of fused-ring (bicyclic) bond motifs is 3. The topological polar surface area (TPSA) is 117 Å². The normalized spacial score (nSPS) is 37.8. The Hall–Kier alpha value is -3.30. The van der Waals surface area contributed by atoms with Gasteiger partial charge in [-0.1, -0.05) is 70.5 Å². The van der Waals surface area contributed by atoms with Crippen molar-refractivity contribution in [3.05, 3.63) is 82.2 Å². The number of carbonyl (C=O) groups excluding carboxylic acids is 2. The van der Waals surface area contributed by atoms with Gasteiger partial charge in [0.15, 0.2) is 5.78 Å².